The van der Waals surface area contributed by atoms with Crippen LogP contribution in [0.1, 0.15) is 15.9 Å². The van der Waals surface area contributed by atoms with Gasteiger partial charge in [0.25, 0.3) is 5.91 Å². The topological polar surface area (TPSA) is 63.7 Å². The molecule has 0 heterocycles. The summed E-state index contributed by atoms with van der Waals surface area (Å²) in [5.41, 5.74) is 1.50. The van der Waals surface area contributed by atoms with Crippen molar-refractivity contribution in [3.63, 3.8) is 0 Å². The number of sulfone groups is 1. The molecular weight excluding hydrogens is 326 g/mol. The van der Waals surface area contributed by atoms with Crippen LogP contribution in [0.2, 0.25) is 0 Å². The minimum atomic E-state index is -3.34. The Morgan fingerprint density at radius 2 is 1.79 bits per heavy atom. The first kappa shape index (κ1) is 18.0. The number of hydrogen-bond acceptors (Lipinski definition) is 4. The van der Waals surface area contributed by atoms with Gasteiger partial charge in [0.2, 0.25) is 0 Å². The molecule has 2 aromatic carbocycles. The van der Waals surface area contributed by atoms with Crippen molar-refractivity contribution in [2.45, 2.75) is 11.8 Å². The first-order chi connectivity index (χ1) is 11.3. The average Bonchev–Trinajstić information content (AvgIpc) is 2.55. The molecule has 0 atom stereocenters. The van der Waals surface area contributed by atoms with Gasteiger partial charge in [0, 0.05) is 18.9 Å². The second-order valence-electron chi connectivity index (χ2n) is 5.69. The highest BCUT2D eigenvalue weighted by Gasteiger charge is 2.15. The van der Waals surface area contributed by atoms with Gasteiger partial charge in [-0.05, 0) is 37.3 Å². The van der Waals surface area contributed by atoms with E-state index in [4.69, 9.17) is 4.74 Å². The van der Waals surface area contributed by atoms with E-state index in [1.807, 2.05) is 31.2 Å². The molecule has 0 radical (unpaired) electrons. The maximum Gasteiger partial charge on any atom is 0.253 e. The van der Waals surface area contributed by atoms with Crippen molar-refractivity contribution in [2.24, 2.45) is 0 Å². The Bertz CT molecular complexity index is 813. The second-order valence-corrected chi connectivity index (χ2v) is 7.70. The number of carbonyl (C=O) groups is 1. The van der Waals surface area contributed by atoms with Crippen LogP contribution in [0.5, 0.6) is 5.75 Å². The van der Waals surface area contributed by atoms with Gasteiger partial charge in [-0.3, -0.25) is 4.79 Å². The zero-order valence-corrected chi connectivity index (χ0v) is 14.8. The summed E-state index contributed by atoms with van der Waals surface area (Å²) in [6.45, 7) is 2.76. The largest absolute Gasteiger partial charge is 0.492 e. The molecule has 0 saturated carbocycles. The Kier molecular flexibility index (Phi) is 5.62. The summed E-state index contributed by atoms with van der Waals surface area (Å²) in [4.78, 5) is 14.0. The first-order valence-corrected chi connectivity index (χ1v) is 9.41. The van der Waals surface area contributed by atoms with Crippen molar-refractivity contribution >= 4 is 15.7 Å². The van der Waals surface area contributed by atoms with Crippen molar-refractivity contribution in [2.75, 3.05) is 26.5 Å². The smallest absolute Gasteiger partial charge is 0.253 e. The van der Waals surface area contributed by atoms with E-state index in [0.29, 0.717) is 18.7 Å². The molecule has 0 aliphatic carbocycles. The molecule has 0 fully saturated rings. The van der Waals surface area contributed by atoms with Crippen LogP contribution < -0.4 is 4.74 Å². The second kappa shape index (κ2) is 7.49. The lowest BCUT2D eigenvalue weighted by atomic mass is 10.2. The zero-order chi connectivity index (χ0) is 17.7. The fourth-order valence-corrected chi connectivity index (χ4v) is 2.78. The predicted octanol–water partition coefficient (Wildman–Crippen LogP) is 2.55. The molecule has 0 aliphatic rings. The molecule has 5 nitrogen and oxygen atoms in total. The van der Waals surface area contributed by atoms with E-state index in [2.05, 4.69) is 0 Å². The molecule has 1 amide bonds. The van der Waals surface area contributed by atoms with Crippen LogP contribution in [0, 0.1) is 6.92 Å². The lowest BCUT2D eigenvalue weighted by molar-refractivity contribution is 0.0773. The Morgan fingerprint density at radius 1 is 1.12 bits per heavy atom. The number of ether oxygens (including phenoxy) is 1. The van der Waals surface area contributed by atoms with E-state index in [-0.39, 0.29) is 10.8 Å². The van der Waals surface area contributed by atoms with Gasteiger partial charge in [-0.15, -0.1) is 0 Å². The molecule has 0 spiro atoms. The molecule has 128 valence electrons. The van der Waals surface area contributed by atoms with E-state index >= 15 is 0 Å². The third-order valence-electron chi connectivity index (χ3n) is 3.57. The monoisotopic (exact) mass is 347 g/mol. The number of rotatable bonds is 6. The third kappa shape index (κ3) is 4.83. The normalized spacial score (nSPS) is 11.1. The number of likely N-dealkylation sites (N-methyl/N-ethyl adjacent to an activating group) is 1. The average molecular weight is 347 g/mol. The molecule has 0 unspecified atom stereocenters. The Morgan fingerprint density at radius 3 is 2.42 bits per heavy atom. The van der Waals surface area contributed by atoms with Crippen LogP contribution in [-0.2, 0) is 9.84 Å². The van der Waals surface area contributed by atoms with Crippen molar-refractivity contribution in [1.29, 1.82) is 0 Å². The minimum Gasteiger partial charge on any atom is -0.492 e. The summed E-state index contributed by atoms with van der Waals surface area (Å²) in [5.74, 6) is 0.508. The van der Waals surface area contributed by atoms with Crippen LogP contribution in [0.3, 0.4) is 0 Å². The van der Waals surface area contributed by atoms with E-state index in [1.54, 1.807) is 19.2 Å². The van der Waals surface area contributed by atoms with Crippen LogP contribution in [0.4, 0.5) is 0 Å². The maximum atomic E-state index is 12.4. The summed E-state index contributed by atoms with van der Waals surface area (Å²) < 4.78 is 28.8. The number of amides is 1. The summed E-state index contributed by atoms with van der Waals surface area (Å²) in [5, 5.41) is 0. The quantitative estimate of drug-likeness (QED) is 0.806. The standard InChI is InChI=1S/C18H21NO4S/c1-14-7-9-16(10-8-14)23-12-11-19(2)18(20)15-5-4-6-17(13-15)24(3,21)22/h4-10,13H,11-12H2,1-3H3. The van der Waals surface area contributed by atoms with Gasteiger partial charge in [0.05, 0.1) is 11.4 Å². The highest BCUT2D eigenvalue weighted by molar-refractivity contribution is 7.90. The number of aryl methyl sites for hydroxylation is 1. The maximum absolute atomic E-state index is 12.4. The number of hydrogen-bond donors (Lipinski definition) is 0. The number of nitrogens with zero attached hydrogens (tertiary/aromatic N) is 1. The molecule has 0 N–H and O–H groups in total. The van der Waals surface area contributed by atoms with Gasteiger partial charge >= 0.3 is 0 Å². The molecule has 6 heteroatoms. The SMILES string of the molecule is Cc1ccc(OCCN(C)C(=O)c2cccc(S(C)(=O)=O)c2)cc1. The van der Waals surface area contributed by atoms with Crippen LogP contribution in [0.15, 0.2) is 53.4 Å². The van der Waals surface area contributed by atoms with Gasteiger partial charge in [0.15, 0.2) is 9.84 Å². The highest BCUT2D eigenvalue weighted by atomic mass is 32.2. The summed E-state index contributed by atoms with van der Waals surface area (Å²) in [7, 11) is -1.68. The fourth-order valence-electron chi connectivity index (χ4n) is 2.12. The van der Waals surface area contributed by atoms with Crippen molar-refractivity contribution in [1.82, 2.24) is 4.90 Å². The molecule has 0 bridgehead atoms. The van der Waals surface area contributed by atoms with E-state index in [1.165, 1.54) is 17.0 Å². The van der Waals surface area contributed by atoms with Crippen molar-refractivity contribution < 1.29 is 17.9 Å². The predicted molar refractivity (Wildman–Crippen MR) is 93.2 cm³/mol. The lowest BCUT2D eigenvalue weighted by Gasteiger charge is -2.18. The molecule has 24 heavy (non-hydrogen) atoms. The number of carbonyl (C=O) groups excluding carboxylic acids is 1. The Balaban J connectivity index is 1.96. The van der Waals surface area contributed by atoms with Crippen LogP contribution in [0.25, 0.3) is 0 Å². The minimum absolute atomic E-state index is 0.137. The molecule has 0 saturated heterocycles. The van der Waals surface area contributed by atoms with Crippen LogP contribution >= 0.6 is 0 Å². The van der Waals surface area contributed by atoms with Crippen LogP contribution in [-0.4, -0.2) is 45.7 Å². The third-order valence-corrected chi connectivity index (χ3v) is 4.68. The summed E-state index contributed by atoms with van der Waals surface area (Å²) in [6.07, 6.45) is 1.12. The molecule has 0 aliphatic heterocycles. The van der Waals surface area contributed by atoms with Gasteiger partial charge in [0.1, 0.15) is 12.4 Å². The Hall–Kier alpha value is -2.34. The summed E-state index contributed by atoms with van der Waals surface area (Å²) >= 11 is 0. The molecular formula is C18H21NO4S. The number of benzene rings is 2. The van der Waals surface area contributed by atoms with Crippen molar-refractivity contribution in [3.05, 3.63) is 59.7 Å². The molecule has 2 aromatic rings. The van der Waals surface area contributed by atoms with Crippen molar-refractivity contribution in [3.8, 4) is 5.75 Å². The highest BCUT2D eigenvalue weighted by Crippen LogP contribution is 2.14. The van der Waals surface area contributed by atoms with Gasteiger partial charge in [-0.2, -0.15) is 0 Å². The summed E-state index contributed by atoms with van der Waals surface area (Å²) in [6, 6.07) is 13.7. The van der Waals surface area contributed by atoms with Gasteiger partial charge in [-0.25, -0.2) is 8.42 Å². The van der Waals surface area contributed by atoms with Gasteiger partial charge in [-0.1, -0.05) is 23.8 Å². The fraction of sp³-hybridized carbons (Fsp3) is 0.278. The van der Waals surface area contributed by atoms with E-state index in [9.17, 15) is 13.2 Å². The molecule has 2 rings (SSSR count). The van der Waals surface area contributed by atoms with Gasteiger partial charge < -0.3 is 9.64 Å². The first-order valence-electron chi connectivity index (χ1n) is 7.52. The lowest BCUT2D eigenvalue weighted by Crippen LogP contribution is -2.31. The van der Waals surface area contributed by atoms with E-state index in [0.717, 1.165) is 17.6 Å². The zero-order valence-electron chi connectivity index (χ0n) is 14.0. The van der Waals surface area contributed by atoms with E-state index < -0.39 is 9.84 Å². The molecule has 0 aromatic heterocycles. The Labute approximate surface area is 142 Å².